The van der Waals surface area contributed by atoms with Gasteiger partial charge in [-0.1, -0.05) is 36.8 Å². The van der Waals surface area contributed by atoms with Crippen LogP contribution < -0.4 is 21.3 Å². The first-order valence-electron chi connectivity index (χ1n) is 11.9. The summed E-state index contributed by atoms with van der Waals surface area (Å²) in [6, 6.07) is 8.06. The van der Waals surface area contributed by atoms with Gasteiger partial charge in [-0.15, -0.1) is 0 Å². The van der Waals surface area contributed by atoms with E-state index in [-0.39, 0.29) is 43.7 Å². The largest absolute Gasteiger partial charge is 0.348 e. The summed E-state index contributed by atoms with van der Waals surface area (Å²) >= 11 is 0. The number of rotatable bonds is 16. The van der Waals surface area contributed by atoms with Crippen molar-refractivity contribution in [2.24, 2.45) is 0 Å². The van der Waals surface area contributed by atoms with Gasteiger partial charge in [-0.3, -0.25) is 33.7 Å². The van der Waals surface area contributed by atoms with Gasteiger partial charge in [0.2, 0.25) is 23.6 Å². The van der Waals surface area contributed by atoms with Crippen molar-refractivity contribution < 1.29 is 33.6 Å². The van der Waals surface area contributed by atoms with Crippen molar-refractivity contribution in [3.05, 3.63) is 48.0 Å². The van der Waals surface area contributed by atoms with Crippen LogP contribution in [0, 0.1) is 0 Å². The van der Waals surface area contributed by atoms with Gasteiger partial charge in [0, 0.05) is 31.5 Å². The second-order valence-corrected chi connectivity index (χ2v) is 8.25. The van der Waals surface area contributed by atoms with Gasteiger partial charge < -0.3 is 26.1 Å². The predicted molar refractivity (Wildman–Crippen MR) is 131 cm³/mol. The molecule has 1 aliphatic heterocycles. The average Bonchev–Trinajstić information content (AvgIpc) is 3.21. The molecule has 0 saturated heterocycles. The molecule has 0 spiro atoms. The second kappa shape index (κ2) is 15.6. The van der Waals surface area contributed by atoms with E-state index in [2.05, 4.69) is 21.3 Å². The molecule has 1 aromatic carbocycles. The molecule has 12 nitrogen and oxygen atoms in total. The van der Waals surface area contributed by atoms with E-state index >= 15 is 0 Å². The molecule has 1 atom stereocenters. The van der Waals surface area contributed by atoms with E-state index in [4.69, 9.17) is 0 Å². The highest BCUT2D eigenvalue weighted by Crippen LogP contribution is 2.07. The average molecular weight is 514 g/mol. The van der Waals surface area contributed by atoms with Crippen LogP contribution in [0.2, 0.25) is 0 Å². The summed E-state index contributed by atoms with van der Waals surface area (Å²) in [7, 11) is 0. The van der Waals surface area contributed by atoms with Crippen molar-refractivity contribution in [3.63, 3.8) is 0 Å². The van der Waals surface area contributed by atoms with Crippen molar-refractivity contribution in [1.82, 2.24) is 26.2 Å². The Labute approximate surface area is 214 Å². The van der Waals surface area contributed by atoms with E-state index in [9.17, 15) is 33.6 Å². The number of carbonyl (C=O) groups excluding carboxylic acids is 7. The minimum atomic E-state index is -0.940. The van der Waals surface area contributed by atoms with Gasteiger partial charge in [-0.25, -0.2) is 0 Å². The first-order valence-corrected chi connectivity index (χ1v) is 11.9. The quantitative estimate of drug-likeness (QED) is 0.121. The molecule has 12 heteroatoms. The highest BCUT2D eigenvalue weighted by atomic mass is 16.2. The zero-order chi connectivity index (χ0) is 27.0. The van der Waals surface area contributed by atoms with Gasteiger partial charge in [0.15, 0.2) is 0 Å². The third-order valence-corrected chi connectivity index (χ3v) is 5.37. The molecule has 0 bridgehead atoms. The molecular weight excluding hydrogens is 482 g/mol. The maximum absolute atomic E-state index is 12.3. The molecule has 198 valence electrons. The monoisotopic (exact) mass is 513 g/mol. The van der Waals surface area contributed by atoms with E-state index in [0.29, 0.717) is 32.1 Å². The molecule has 1 aromatic rings. The Morgan fingerprint density at radius 2 is 1.46 bits per heavy atom. The number of hydrogen-bond acceptors (Lipinski definition) is 7. The van der Waals surface area contributed by atoms with Gasteiger partial charge in [0.05, 0.1) is 19.6 Å². The van der Waals surface area contributed by atoms with Crippen LogP contribution in [-0.2, 0) is 40.0 Å². The fourth-order valence-electron chi connectivity index (χ4n) is 3.46. The topological polar surface area (TPSA) is 171 Å². The number of benzene rings is 1. The highest BCUT2D eigenvalue weighted by Gasteiger charge is 2.23. The van der Waals surface area contributed by atoms with Gasteiger partial charge in [-0.2, -0.15) is 0 Å². The van der Waals surface area contributed by atoms with Crippen molar-refractivity contribution >= 4 is 41.7 Å². The number of aldehydes is 1. The number of imide groups is 1. The summed E-state index contributed by atoms with van der Waals surface area (Å²) in [5, 5.41) is 9.78. The van der Waals surface area contributed by atoms with Crippen molar-refractivity contribution in [1.29, 1.82) is 0 Å². The van der Waals surface area contributed by atoms with E-state index in [1.165, 1.54) is 12.2 Å². The van der Waals surface area contributed by atoms with E-state index < -0.39 is 30.3 Å². The lowest BCUT2D eigenvalue weighted by atomic mass is 10.1. The first-order chi connectivity index (χ1) is 17.8. The fourth-order valence-corrected chi connectivity index (χ4v) is 3.46. The van der Waals surface area contributed by atoms with Crippen molar-refractivity contribution in [3.8, 4) is 0 Å². The molecule has 0 fully saturated rings. The standard InChI is InChI=1S/C25H31N5O7/c31-14-12-26-25(37)19(15-18-7-3-1-4-8-18)29-22(34)17-28-21(33)16-27-20(32)9-5-2-6-13-30-23(35)10-11-24(30)36/h1,3-4,7-8,10-11,14,19H,2,5-6,9,12-13,15-17H2,(H,26,37)(H,27,32)(H,28,33)(H,29,34). The van der Waals surface area contributed by atoms with E-state index in [1.54, 1.807) is 24.3 Å². The molecule has 0 aromatic heterocycles. The van der Waals surface area contributed by atoms with Crippen molar-refractivity contribution in [2.75, 3.05) is 26.2 Å². The van der Waals surface area contributed by atoms with Crippen LogP contribution in [0.5, 0.6) is 0 Å². The summed E-state index contributed by atoms with van der Waals surface area (Å²) < 4.78 is 0. The molecule has 37 heavy (non-hydrogen) atoms. The zero-order valence-corrected chi connectivity index (χ0v) is 20.4. The molecule has 0 aliphatic carbocycles. The maximum atomic E-state index is 12.3. The van der Waals surface area contributed by atoms with Crippen LogP contribution in [-0.4, -0.2) is 78.9 Å². The van der Waals surface area contributed by atoms with E-state index in [0.717, 1.165) is 10.5 Å². The van der Waals surface area contributed by atoms with Gasteiger partial charge >= 0.3 is 0 Å². The van der Waals surface area contributed by atoms with Crippen LogP contribution >= 0.6 is 0 Å². The minimum Gasteiger partial charge on any atom is -0.348 e. The smallest absolute Gasteiger partial charge is 0.253 e. The number of hydrogen-bond donors (Lipinski definition) is 4. The Kier molecular flexibility index (Phi) is 12.2. The zero-order valence-electron chi connectivity index (χ0n) is 20.4. The Hall–Kier alpha value is -4.35. The number of nitrogens with one attached hydrogen (secondary N) is 4. The number of unbranched alkanes of at least 4 members (excludes halogenated alkanes) is 2. The normalized spacial score (nSPS) is 13.1. The lowest BCUT2D eigenvalue weighted by Gasteiger charge is -2.18. The molecule has 1 heterocycles. The third-order valence-electron chi connectivity index (χ3n) is 5.37. The minimum absolute atomic E-state index is 0.172. The van der Waals surface area contributed by atoms with Crippen LogP contribution in [0.4, 0.5) is 0 Å². The highest BCUT2D eigenvalue weighted by molar-refractivity contribution is 6.12. The SMILES string of the molecule is O=CCNC(=O)C(Cc1ccccc1)NC(=O)CNC(=O)CNC(=O)CCCCCN1C(=O)C=CC1=O. The summed E-state index contributed by atoms with van der Waals surface area (Å²) in [4.78, 5) is 83.1. The molecule has 2 rings (SSSR count). The van der Waals surface area contributed by atoms with Crippen LogP contribution in [0.15, 0.2) is 42.5 Å². The van der Waals surface area contributed by atoms with Crippen LogP contribution in [0.3, 0.4) is 0 Å². The maximum Gasteiger partial charge on any atom is 0.253 e. The van der Waals surface area contributed by atoms with E-state index in [1.807, 2.05) is 6.07 Å². The summed E-state index contributed by atoms with van der Waals surface area (Å²) in [6.07, 6.45) is 5.06. The van der Waals surface area contributed by atoms with Crippen LogP contribution in [0.1, 0.15) is 31.2 Å². The Morgan fingerprint density at radius 3 is 2.14 bits per heavy atom. The molecule has 0 radical (unpaired) electrons. The molecule has 4 N–H and O–H groups in total. The predicted octanol–water partition coefficient (Wildman–Crippen LogP) is -1.25. The molecule has 0 saturated carbocycles. The van der Waals surface area contributed by atoms with Gasteiger partial charge in [0.1, 0.15) is 12.3 Å². The third kappa shape index (κ3) is 10.8. The molecule has 6 amide bonds. The summed E-state index contributed by atoms with van der Waals surface area (Å²) in [5.74, 6) is -2.73. The van der Waals surface area contributed by atoms with Gasteiger partial charge in [-0.05, 0) is 18.4 Å². The number of amides is 6. The lowest BCUT2D eigenvalue weighted by molar-refractivity contribution is -0.137. The van der Waals surface area contributed by atoms with Crippen LogP contribution in [0.25, 0.3) is 0 Å². The lowest BCUT2D eigenvalue weighted by Crippen LogP contribution is -2.51. The molecule has 1 unspecified atom stereocenters. The number of carbonyl (C=O) groups is 7. The Balaban J connectivity index is 1.64. The summed E-state index contributed by atoms with van der Waals surface area (Å²) in [6.45, 7) is -0.612. The molecular formula is C25H31N5O7. The Bertz CT molecular complexity index is 1010. The first kappa shape index (κ1) is 28.9. The number of nitrogens with zero attached hydrogens (tertiary/aromatic N) is 1. The van der Waals surface area contributed by atoms with Crippen molar-refractivity contribution in [2.45, 2.75) is 38.1 Å². The Morgan fingerprint density at radius 1 is 0.811 bits per heavy atom. The summed E-state index contributed by atoms with van der Waals surface area (Å²) in [5.41, 5.74) is 0.802. The van der Waals surface area contributed by atoms with Gasteiger partial charge in [0.25, 0.3) is 11.8 Å². The fraction of sp³-hybridized carbons (Fsp3) is 0.400. The second-order valence-electron chi connectivity index (χ2n) is 8.25. The molecule has 1 aliphatic rings.